The fourth-order valence-corrected chi connectivity index (χ4v) is 3.85. The second kappa shape index (κ2) is 5.65. The summed E-state index contributed by atoms with van der Waals surface area (Å²) in [5, 5.41) is 1.99. The van der Waals surface area contributed by atoms with Crippen molar-refractivity contribution < 1.29 is 8.42 Å². The van der Waals surface area contributed by atoms with Gasteiger partial charge >= 0.3 is 0 Å². The van der Waals surface area contributed by atoms with E-state index in [1.165, 1.54) is 6.26 Å². The van der Waals surface area contributed by atoms with Crippen molar-refractivity contribution >= 4 is 26.3 Å². The zero-order valence-electron chi connectivity index (χ0n) is 12.6. The van der Waals surface area contributed by atoms with Gasteiger partial charge in [-0.2, -0.15) is 0 Å². The molecule has 0 radical (unpaired) electrons. The van der Waals surface area contributed by atoms with Crippen molar-refractivity contribution in [2.24, 2.45) is 0 Å². The summed E-state index contributed by atoms with van der Waals surface area (Å²) in [7, 11) is -3.10. The third-order valence-corrected chi connectivity index (χ3v) is 4.89. The summed E-state index contributed by atoms with van der Waals surface area (Å²) < 4.78 is 25.7. The molecule has 1 heterocycles. The van der Waals surface area contributed by atoms with Crippen LogP contribution in [0.25, 0.3) is 10.8 Å². The highest BCUT2D eigenvalue weighted by atomic mass is 32.2. The fourth-order valence-electron chi connectivity index (χ4n) is 2.91. The minimum atomic E-state index is -3.10. The van der Waals surface area contributed by atoms with Crippen LogP contribution in [-0.2, 0) is 9.84 Å². The second-order valence-corrected chi connectivity index (χ2v) is 8.03. The Morgan fingerprint density at radius 3 is 2.73 bits per heavy atom. The highest BCUT2D eigenvalue weighted by Crippen LogP contribution is 2.29. The largest absolute Gasteiger partial charge is 0.398 e. The van der Waals surface area contributed by atoms with E-state index < -0.39 is 9.84 Å². The van der Waals surface area contributed by atoms with Gasteiger partial charge in [-0.15, -0.1) is 0 Å². The molecule has 0 saturated carbocycles. The molecule has 2 aromatic rings. The Morgan fingerprint density at radius 2 is 2.09 bits per heavy atom. The molecule has 0 aliphatic heterocycles. The molecule has 1 aromatic carbocycles. The number of anilines is 1. The van der Waals surface area contributed by atoms with Crippen molar-refractivity contribution in [1.29, 1.82) is 0 Å². The lowest BCUT2D eigenvalue weighted by atomic mass is 10.0. The summed E-state index contributed by atoms with van der Waals surface area (Å²) in [6.07, 6.45) is 13.4. The van der Waals surface area contributed by atoms with Crippen LogP contribution in [0.2, 0.25) is 0 Å². The number of hydrogen-bond donors (Lipinski definition) is 1. The number of fused-ring (bicyclic) bond motifs is 1. The van der Waals surface area contributed by atoms with Gasteiger partial charge in [-0.05, 0) is 24.5 Å². The lowest BCUT2D eigenvalue weighted by Gasteiger charge is -2.21. The number of hydrogen-bond acceptors (Lipinski definition) is 3. The molecule has 22 heavy (non-hydrogen) atoms. The summed E-state index contributed by atoms with van der Waals surface area (Å²) in [6, 6.07) is 5.55. The summed E-state index contributed by atoms with van der Waals surface area (Å²) in [5.41, 5.74) is 7.78. The van der Waals surface area contributed by atoms with Crippen LogP contribution in [0.15, 0.2) is 54.4 Å². The van der Waals surface area contributed by atoms with E-state index in [1.807, 2.05) is 41.2 Å². The van der Waals surface area contributed by atoms with Crippen molar-refractivity contribution in [3.8, 4) is 0 Å². The third kappa shape index (κ3) is 3.09. The molecule has 0 amide bonds. The topological polar surface area (TPSA) is 65.1 Å². The number of aromatic nitrogens is 1. The maximum Gasteiger partial charge on any atom is 0.149 e. The van der Waals surface area contributed by atoms with Gasteiger partial charge < -0.3 is 10.3 Å². The molecular weight excluding hydrogens is 296 g/mol. The molecule has 1 atom stereocenters. The SMILES string of the molecule is CS(=O)(=O)C[C@H](C1=CCCC=C1)n1cc2cccc(N)c2c1. The van der Waals surface area contributed by atoms with Crippen LogP contribution in [-0.4, -0.2) is 25.0 Å². The summed E-state index contributed by atoms with van der Waals surface area (Å²) in [6.45, 7) is 0. The number of nitrogen functional groups attached to an aromatic ring is 1. The summed E-state index contributed by atoms with van der Waals surface area (Å²) >= 11 is 0. The van der Waals surface area contributed by atoms with Gasteiger partial charge in [0, 0.05) is 35.1 Å². The molecule has 1 aliphatic rings. The molecule has 116 valence electrons. The number of nitrogens with two attached hydrogens (primary N) is 1. The highest BCUT2D eigenvalue weighted by molar-refractivity contribution is 7.90. The number of benzene rings is 1. The molecule has 2 N–H and O–H groups in total. The van der Waals surface area contributed by atoms with Gasteiger partial charge in [0.15, 0.2) is 0 Å². The Kier molecular flexibility index (Phi) is 3.83. The summed E-state index contributed by atoms with van der Waals surface area (Å²) in [4.78, 5) is 0. The van der Waals surface area contributed by atoms with Gasteiger partial charge in [-0.1, -0.05) is 30.4 Å². The number of allylic oxidation sites excluding steroid dienone is 4. The van der Waals surface area contributed by atoms with Gasteiger partial charge in [-0.3, -0.25) is 0 Å². The number of nitrogens with zero attached hydrogens (tertiary/aromatic N) is 1. The summed E-state index contributed by atoms with van der Waals surface area (Å²) in [5.74, 6) is 0.0874. The van der Waals surface area contributed by atoms with Crippen LogP contribution < -0.4 is 5.73 Å². The van der Waals surface area contributed by atoms with Crippen LogP contribution in [0.5, 0.6) is 0 Å². The lowest BCUT2D eigenvalue weighted by Crippen LogP contribution is -2.20. The first-order valence-electron chi connectivity index (χ1n) is 7.34. The Labute approximate surface area is 130 Å². The van der Waals surface area contributed by atoms with E-state index in [0.717, 1.165) is 29.2 Å². The van der Waals surface area contributed by atoms with Gasteiger partial charge in [-0.25, -0.2) is 8.42 Å². The fraction of sp³-hybridized carbons (Fsp3) is 0.294. The minimum Gasteiger partial charge on any atom is -0.398 e. The molecule has 4 nitrogen and oxygen atoms in total. The maximum absolute atomic E-state index is 11.9. The van der Waals surface area contributed by atoms with Gasteiger partial charge in [0.1, 0.15) is 9.84 Å². The minimum absolute atomic E-state index is 0.0874. The van der Waals surface area contributed by atoms with Crippen LogP contribution in [0.1, 0.15) is 18.9 Å². The molecule has 0 fully saturated rings. The first kappa shape index (κ1) is 14.9. The predicted molar refractivity (Wildman–Crippen MR) is 91.6 cm³/mol. The molecule has 0 spiro atoms. The first-order valence-corrected chi connectivity index (χ1v) is 9.40. The van der Waals surface area contributed by atoms with Crippen molar-refractivity contribution in [3.63, 3.8) is 0 Å². The standard InChI is InChI=1S/C17H20N2O2S/c1-22(20,21)12-17(13-6-3-2-4-7-13)19-10-14-8-5-9-16(18)15(14)11-19/h3,5-11,17H,2,4,12,18H2,1H3/t17-/m1/s1. The predicted octanol–water partition coefficient (Wildman–Crippen LogP) is 3.09. The Bertz CT molecular complexity index is 860. The highest BCUT2D eigenvalue weighted by Gasteiger charge is 2.21. The van der Waals surface area contributed by atoms with E-state index in [9.17, 15) is 8.42 Å². The van der Waals surface area contributed by atoms with E-state index in [4.69, 9.17) is 5.73 Å². The van der Waals surface area contributed by atoms with E-state index >= 15 is 0 Å². The van der Waals surface area contributed by atoms with Crippen molar-refractivity contribution in [1.82, 2.24) is 4.57 Å². The molecule has 3 rings (SSSR count). The quantitative estimate of drug-likeness (QED) is 0.882. The van der Waals surface area contributed by atoms with Gasteiger partial charge in [0.25, 0.3) is 0 Å². The van der Waals surface area contributed by atoms with E-state index in [0.29, 0.717) is 5.69 Å². The van der Waals surface area contributed by atoms with Gasteiger partial charge in [0.05, 0.1) is 11.8 Å². The lowest BCUT2D eigenvalue weighted by molar-refractivity contribution is 0.576. The maximum atomic E-state index is 11.9. The number of sulfone groups is 1. The van der Waals surface area contributed by atoms with Crippen LogP contribution >= 0.6 is 0 Å². The molecule has 0 unspecified atom stereocenters. The smallest absolute Gasteiger partial charge is 0.149 e. The Balaban J connectivity index is 2.09. The zero-order valence-corrected chi connectivity index (χ0v) is 13.4. The van der Waals surface area contributed by atoms with Crippen LogP contribution in [0.3, 0.4) is 0 Å². The molecule has 1 aliphatic carbocycles. The Hall–Kier alpha value is -2.01. The van der Waals surface area contributed by atoms with Crippen molar-refractivity contribution in [3.05, 3.63) is 54.4 Å². The van der Waals surface area contributed by atoms with Crippen LogP contribution in [0, 0.1) is 0 Å². The molecule has 0 saturated heterocycles. The average Bonchev–Trinajstić information content (AvgIpc) is 2.90. The van der Waals surface area contributed by atoms with E-state index in [2.05, 4.69) is 12.2 Å². The van der Waals surface area contributed by atoms with Gasteiger partial charge in [0.2, 0.25) is 0 Å². The molecular formula is C17H20N2O2S. The molecule has 1 aromatic heterocycles. The van der Waals surface area contributed by atoms with E-state index in [-0.39, 0.29) is 11.8 Å². The van der Waals surface area contributed by atoms with Crippen molar-refractivity contribution in [2.45, 2.75) is 18.9 Å². The van der Waals surface area contributed by atoms with Crippen molar-refractivity contribution in [2.75, 3.05) is 17.7 Å². The van der Waals surface area contributed by atoms with E-state index in [1.54, 1.807) is 0 Å². The number of rotatable bonds is 4. The molecule has 5 heteroatoms. The first-order chi connectivity index (χ1) is 10.4. The third-order valence-electron chi connectivity index (χ3n) is 3.97. The normalized spacial score (nSPS) is 16.7. The zero-order chi connectivity index (χ0) is 15.7. The monoisotopic (exact) mass is 316 g/mol. The molecule has 0 bridgehead atoms. The second-order valence-electron chi connectivity index (χ2n) is 5.85. The average molecular weight is 316 g/mol. The Morgan fingerprint density at radius 1 is 1.27 bits per heavy atom. The van der Waals surface area contributed by atoms with Crippen LogP contribution in [0.4, 0.5) is 5.69 Å².